The van der Waals surface area contributed by atoms with Gasteiger partial charge in [0.2, 0.25) is 0 Å². The molecule has 0 spiro atoms. The Kier molecular flexibility index (Phi) is 7.27. The van der Waals surface area contributed by atoms with Gasteiger partial charge in [0.1, 0.15) is 0 Å². The number of carbonyl (C=O) groups is 1. The van der Waals surface area contributed by atoms with Crippen molar-refractivity contribution >= 4 is 17.6 Å². The van der Waals surface area contributed by atoms with Gasteiger partial charge in [-0.25, -0.2) is 4.79 Å². The third kappa shape index (κ3) is 6.44. The van der Waals surface area contributed by atoms with Crippen molar-refractivity contribution < 1.29 is 9.53 Å². The third-order valence-corrected chi connectivity index (χ3v) is 3.17. The average Bonchev–Trinajstić information content (AvgIpc) is 2.40. The Bertz CT molecular complexity index is 409. The Balaban J connectivity index is 2.13. The molecule has 1 aromatic rings. The molecule has 0 radical (unpaired) electrons. The van der Waals surface area contributed by atoms with Crippen molar-refractivity contribution in [2.45, 2.75) is 39.0 Å². The van der Waals surface area contributed by atoms with E-state index in [4.69, 9.17) is 16.3 Å². The molecule has 0 bridgehead atoms. The fourth-order valence-electron chi connectivity index (χ4n) is 1.83. The third-order valence-electron chi connectivity index (χ3n) is 2.92. The van der Waals surface area contributed by atoms with Gasteiger partial charge in [-0.3, -0.25) is 0 Å². The lowest BCUT2D eigenvalue weighted by Crippen LogP contribution is -2.06. The van der Waals surface area contributed by atoms with Gasteiger partial charge in [-0.05, 0) is 50.3 Å². The number of hydrogen-bond acceptors (Lipinski definition) is 2. The Morgan fingerprint density at radius 1 is 1.21 bits per heavy atom. The Morgan fingerprint density at radius 3 is 2.53 bits per heavy atom. The zero-order chi connectivity index (χ0) is 14.1. The van der Waals surface area contributed by atoms with E-state index in [1.165, 1.54) is 5.56 Å². The van der Waals surface area contributed by atoms with E-state index in [2.05, 4.69) is 18.7 Å². The van der Waals surface area contributed by atoms with Crippen LogP contribution in [0.1, 0.15) is 38.2 Å². The lowest BCUT2D eigenvalue weighted by Gasteiger charge is -2.05. The molecule has 0 amide bonds. The van der Waals surface area contributed by atoms with E-state index in [1.54, 1.807) is 6.92 Å². The van der Waals surface area contributed by atoms with Crippen LogP contribution in [0.4, 0.5) is 0 Å². The van der Waals surface area contributed by atoms with Crippen LogP contribution in [0, 0.1) is 0 Å². The van der Waals surface area contributed by atoms with Gasteiger partial charge in [0.15, 0.2) is 0 Å². The van der Waals surface area contributed by atoms with Crippen molar-refractivity contribution in [1.29, 1.82) is 0 Å². The molecular formula is C16H21ClO2. The highest BCUT2D eigenvalue weighted by Crippen LogP contribution is 2.14. The number of benzene rings is 1. The topological polar surface area (TPSA) is 26.3 Å². The summed E-state index contributed by atoms with van der Waals surface area (Å²) in [6.45, 7) is 5.96. The summed E-state index contributed by atoms with van der Waals surface area (Å²) in [7, 11) is 0. The molecule has 3 heteroatoms. The second kappa shape index (κ2) is 8.76. The van der Waals surface area contributed by atoms with Gasteiger partial charge in [-0.15, -0.1) is 0 Å². The van der Waals surface area contributed by atoms with E-state index in [0.29, 0.717) is 12.2 Å². The van der Waals surface area contributed by atoms with Crippen LogP contribution < -0.4 is 0 Å². The molecule has 104 valence electrons. The molecule has 0 fully saturated rings. The molecule has 2 nitrogen and oxygen atoms in total. The van der Waals surface area contributed by atoms with Crippen LogP contribution in [0.3, 0.4) is 0 Å². The van der Waals surface area contributed by atoms with E-state index in [1.807, 2.05) is 12.1 Å². The summed E-state index contributed by atoms with van der Waals surface area (Å²) in [6, 6.07) is 7.94. The van der Waals surface area contributed by atoms with Crippen LogP contribution in [0.15, 0.2) is 36.4 Å². The van der Waals surface area contributed by atoms with Gasteiger partial charge in [-0.1, -0.05) is 36.7 Å². The van der Waals surface area contributed by atoms with Crippen LogP contribution in [-0.2, 0) is 16.0 Å². The van der Waals surface area contributed by atoms with Crippen LogP contribution in [0.2, 0.25) is 5.02 Å². The number of ether oxygens (including phenoxy) is 1. The van der Waals surface area contributed by atoms with Gasteiger partial charge in [0.05, 0.1) is 6.61 Å². The molecule has 19 heavy (non-hydrogen) atoms. The minimum Gasteiger partial charge on any atom is -0.463 e. The quantitative estimate of drug-likeness (QED) is 0.396. The van der Waals surface area contributed by atoms with Crippen molar-refractivity contribution in [2.75, 3.05) is 6.61 Å². The minimum absolute atomic E-state index is 0.264. The highest BCUT2D eigenvalue weighted by molar-refractivity contribution is 6.30. The van der Waals surface area contributed by atoms with Gasteiger partial charge >= 0.3 is 5.97 Å². The van der Waals surface area contributed by atoms with Crippen LogP contribution in [-0.4, -0.2) is 12.6 Å². The number of unbranched alkanes of at least 4 members (excludes halogenated alkanes) is 2. The first kappa shape index (κ1) is 15.8. The maximum Gasteiger partial charge on any atom is 0.333 e. The van der Waals surface area contributed by atoms with Crippen LogP contribution >= 0.6 is 11.6 Å². The Labute approximate surface area is 120 Å². The van der Waals surface area contributed by atoms with Gasteiger partial charge < -0.3 is 4.74 Å². The van der Waals surface area contributed by atoms with E-state index in [9.17, 15) is 4.79 Å². The van der Waals surface area contributed by atoms with E-state index in [0.717, 1.165) is 37.1 Å². The smallest absolute Gasteiger partial charge is 0.333 e. The zero-order valence-electron chi connectivity index (χ0n) is 11.5. The predicted molar refractivity (Wildman–Crippen MR) is 79.4 cm³/mol. The first-order chi connectivity index (χ1) is 9.13. The van der Waals surface area contributed by atoms with E-state index in [-0.39, 0.29) is 5.97 Å². The summed E-state index contributed by atoms with van der Waals surface area (Å²) in [5.41, 5.74) is 1.88. The number of halogens is 1. The molecule has 0 saturated carbocycles. The molecule has 0 saturated heterocycles. The van der Waals surface area contributed by atoms with Gasteiger partial charge in [0, 0.05) is 10.6 Å². The summed E-state index contributed by atoms with van der Waals surface area (Å²) in [6.07, 6.45) is 4.94. The molecule has 1 aromatic carbocycles. The van der Waals surface area contributed by atoms with Gasteiger partial charge in [0.25, 0.3) is 0 Å². The first-order valence-corrected chi connectivity index (χ1v) is 7.10. The number of aryl methyl sites for hydroxylation is 1. The zero-order valence-corrected chi connectivity index (χ0v) is 12.2. The molecule has 0 atom stereocenters. The molecule has 0 N–H and O–H groups in total. The lowest BCUT2D eigenvalue weighted by molar-refractivity contribution is -0.138. The van der Waals surface area contributed by atoms with Gasteiger partial charge in [-0.2, -0.15) is 0 Å². The predicted octanol–water partition coefficient (Wildman–Crippen LogP) is 4.56. The van der Waals surface area contributed by atoms with Crippen molar-refractivity contribution in [3.05, 3.63) is 47.0 Å². The summed E-state index contributed by atoms with van der Waals surface area (Å²) in [4.78, 5) is 11.3. The minimum atomic E-state index is -0.264. The summed E-state index contributed by atoms with van der Waals surface area (Å²) in [5, 5.41) is 0.773. The lowest BCUT2D eigenvalue weighted by atomic mass is 10.0. The highest BCUT2D eigenvalue weighted by Gasteiger charge is 2.06. The van der Waals surface area contributed by atoms with Crippen molar-refractivity contribution in [1.82, 2.24) is 0 Å². The molecule has 0 aliphatic carbocycles. The standard InChI is InChI=1S/C16H21ClO2/c1-3-19-16(18)13(2)7-5-4-6-8-14-9-11-15(17)12-10-14/h9-12H,2-8H2,1H3. The van der Waals surface area contributed by atoms with Crippen molar-refractivity contribution in [2.24, 2.45) is 0 Å². The molecule has 0 aliphatic heterocycles. The fraction of sp³-hybridized carbons (Fsp3) is 0.438. The maximum absolute atomic E-state index is 11.3. The average molecular weight is 281 g/mol. The molecule has 0 aliphatic rings. The molecular weight excluding hydrogens is 260 g/mol. The normalized spacial score (nSPS) is 10.2. The number of carbonyl (C=O) groups excluding carboxylic acids is 1. The molecule has 0 unspecified atom stereocenters. The second-order valence-electron chi connectivity index (χ2n) is 4.51. The van der Waals surface area contributed by atoms with E-state index >= 15 is 0 Å². The molecule has 0 aromatic heterocycles. The van der Waals surface area contributed by atoms with E-state index < -0.39 is 0 Å². The largest absolute Gasteiger partial charge is 0.463 e. The number of hydrogen-bond donors (Lipinski definition) is 0. The summed E-state index contributed by atoms with van der Waals surface area (Å²) >= 11 is 5.83. The molecule has 1 rings (SSSR count). The fourth-order valence-corrected chi connectivity index (χ4v) is 1.96. The number of rotatable bonds is 8. The monoisotopic (exact) mass is 280 g/mol. The van der Waals surface area contributed by atoms with Crippen LogP contribution in [0.5, 0.6) is 0 Å². The second-order valence-corrected chi connectivity index (χ2v) is 4.95. The first-order valence-electron chi connectivity index (χ1n) is 6.73. The highest BCUT2D eigenvalue weighted by atomic mass is 35.5. The maximum atomic E-state index is 11.3. The van der Waals surface area contributed by atoms with Crippen LogP contribution in [0.25, 0.3) is 0 Å². The summed E-state index contributed by atoms with van der Waals surface area (Å²) < 4.78 is 4.89. The van der Waals surface area contributed by atoms with Crippen molar-refractivity contribution in [3.63, 3.8) is 0 Å². The summed E-state index contributed by atoms with van der Waals surface area (Å²) in [5.74, 6) is -0.264. The molecule has 0 heterocycles. The number of esters is 1. The van der Waals surface area contributed by atoms with Crippen molar-refractivity contribution in [3.8, 4) is 0 Å². The Hall–Kier alpha value is -1.28. The Morgan fingerprint density at radius 2 is 1.89 bits per heavy atom. The SMILES string of the molecule is C=C(CCCCCc1ccc(Cl)cc1)C(=O)OCC.